The zero-order valence-electron chi connectivity index (χ0n) is 18.5. The lowest BCUT2D eigenvalue weighted by Crippen LogP contribution is -2.42. The number of ether oxygens (including phenoxy) is 1. The number of halogens is 1. The minimum atomic E-state index is -0.774. The number of aromatic nitrogens is 3. The molecule has 9 nitrogen and oxygen atoms in total. The van der Waals surface area contributed by atoms with Crippen molar-refractivity contribution in [2.24, 2.45) is 7.05 Å². The average molecular weight is 471 g/mol. The van der Waals surface area contributed by atoms with Crippen LogP contribution in [0.2, 0.25) is 5.02 Å². The first-order chi connectivity index (χ1) is 15.7. The van der Waals surface area contributed by atoms with E-state index in [0.717, 1.165) is 23.0 Å². The third-order valence-electron chi connectivity index (χ3n) is 5.58. The molecule has 4 rings (SSSR count). The maximum absolute atomic E-state index is 13.3. The number of fused-ring (bicyclic) bond motifs is 1. The monoisotopic (exact) mass is 470 g/mol. The Morgan fingerprint density at radius 2 is 1.97 bits per heavy atom. The summed E-state index contributed by atoms with van der Waals surface area (Å²) in [5.41, 5.74) is 0.551. The van der Waals surface area contributed by atoms with E-state index >= 15 is 0 Å². The van der Waals surface area contributed by atoms with Crippen molar-refractivity contribution >= 4 is 40.2 Å². The molecule has 172 valence electrons. The summed E-state index contributed by atoms with van der Waals surface area (Å²) in [6.45, 7) is 3.05. The summed E-state index contributed by atoms with van der Waals surface area (Å²) >= 11 is 6.00. The standard InChI is InChI=1S/C23H23ClN4O5/c1-4-33-22(31)15-10-17(13-6-7-13)26-20-19(15)21(30)28(23(32)27(20)3)11-18(29)25-16-9-14(24)8-5-12(16)2/h5,8-10,13H,4,6-7,11H2,1-3H3,(H,25,29). The maximum atomic E-state index is 13.3. The third kappa shape index (κ3) is 4.41. The van der Waals surface area contributed by atoms with Crippen molar-refractivity contribution in [2.75, 3.05) is 11.9 Å². The second-order valence-electron chi connectivity index (χ2n) is 8.03. The van der Waals surface area contributed by atoms with Crippen LogP contribution < -0.4 is 16.6 Å². The molecule has 1 fully saturated rings. The van der Waals surface area contributed by atoms with Crippen LogP contribution in [-0.2, 0) is 23.1 Å². The van der Waals surface area contributed by atoms with Crippen molar-refractivity contribution in [3.63, 3.8) is 0 Å². The summed E-state index contributed by atoms with van der Waals surface area (Å²) in [5.74, 6) is -1.07. The molecule has 0 saturated heterocycles. The number of anilines is 1. The van der Waals surface area contributed by atoms with E-state index in [1.807, 2.05) is 0 Å². The summed E-state index contributed by atoms with van der Waals surface area (Å²) < 4.78 is 7.12. The predicted molar refractivity (Wildman–Crippen MR) is 124 cm³/mol. The highest BCUT2D eigenvalue weighted by Gasteiger charge is 2.29. The van der Waals surface area contributed by atoms with Gasteiger partial charge in [-0.25, -0.2) is 14.6 Å². The first kappa shape index (κ1) is 22.7. The van der Waals surface area contributed by atoms with Gasteiger partial charge in [-0.2, -0.15) is 0 Å². The number of hydrogen-bond acceptors (Lipinski definition) is 6. The van der Waals surface area contributed by atoms with Crippen molar-refractivity contribution in [1.82, 2.24) is 14.1 Å². The number of aryl methyl sites for hydroxylation is 2. The highest BCUT2D eigenvalue weighted by molar-refractivity contribution is 6.31. The lowest BCUT2D eigenvalue weighted by Gasteiger charge is -2.14. The SMILES string of the molecule is CCOC(=O)c1cc(C2CC2)nc2c1c(=O)n(CC(=O)Nc1cc(Cl)ccc1C)c(=O)n2C. The summed E-state index contributed by atoms with van der Waals surface area (Å²) in [4.78, 5) is 56.2. The number of amides is 1. The minimum absolute atomic E-state index is 0.0455. The molecule has 33 heavy (non-hydrogen) atoms. The van der Waals surface area contributed by atoms with E-state index in [2.05, 4.69) is 10.3 Å². The van der Waals surface area contributed by atoms with Gasteiger partial charge in [0.25, 0.3) is 5.56 Å². The van der Waals surface area contributed by atoms with Crippen LogP contribution in [0.3, 0.4) is 0 Å². The number of rotatable bonds is 6. The van der Waals surface area contributed by atoms with Gasteiger partial charge in [0, 0.05) is 29.4 Å². The quantitative estimate of drug-likeness (QED) is 0.554. The second kappa shape index (κ2) is 8.82. The van der Waals surface area contributed by atoms with E-state index in [4.69, 9.17) is 16.3 Å². The summed E-state index contributed by atoms with van der Waals surface area (Å²) in [6.07, 6.45) is 1.85. The molecule has 2 heterocycles. The third-order valence-corrected chi connectivity index (χ3v) is 5.82. The van der Waals surface area contributed by atoms with Crippen LogP contribution in [0.1, 0.15) is 47.3 Å². The van der Waals surface area contributed by atoms with Gasteiger partial charge >= 0.3 is 11.7 Å². The van der Waals surface area contributed by atoms with Crippen LogP contribution in [0.15, 0.2) is 33.9 Å². The summed E-state index contributed by atoms with van der Waals surface area (Å²) in [5, 5.41) is 3.06. The topological polar surface area (TPSA) is 112 Å². The number of benzene rings is 1. The zero-order valence-corrected chi connectivity index (χ0v) is 19.2. The van der Waals surface area contributed by atoms with Gasteiger partial charge in [0.2, 0.25) is 5.91 Å². The highest BCUT2D eigenvalue weighted by atomic mass is 35.5. The molecule has 1 aromatic carbocycles. The molecule has 1 amide bonds. The van der Waals surface area contributed by atoms with E-state index in [1.54, 1.807) is 38.1 Å². The van der Waals surface area contributed by atoms with E-state index in [0.29, 0.717) is 16.4 Å². The van der Waals surface area contributed by atoms with Crippen LogP contribution in [0, 0.1) is 6.92 Å². The molecule has 0 bridgehead atoms. The molecule has 1 N–H and O–H groups in total. The molecule has 0 aliphatic heterocycles. The Balaban J connectivity index is 1.81. The number of nitrogens with one attached hydrogen (secondary N) is 1. The van der Waals surface area contributed by atoms with E-state index in [9.17, 15) is 19.2 Å². The van der Waals surface area contributed by atoms with Gasteiger partial charge in [0.1, 0.15) is 12.2 Å². The van der Waals surface area contributed by atoms with E-state index in [1.165, 1.54) is 11.6 Å². The number of pyridine rings is 1. The Morgan fingerprint density at radius 1 is 1.24 bits per heavy atom. The molecule has 0 spiro atoms. The van der Waals surface area contributed by atoms with Crippen LogP contribution in [0.4, 0.5) is 5.69 Å². The molecule has 0 radical (unpaired) electrons. The van der Waals surface area contributed by atoms with Crippen molar-refractivity contribution in [3.8, 4) is 0 Å². The maximum Gasteiger partial charge on any atom is 0.339 e. The first-order valence-electron chi connectivity index (χ1n) is 10.6. The molecule has 1 saturated carbocycles. The molecule has 3 aromatic rings. The molecule has 1 aliphatic carbocycles. The van der Waals surface area contributed by atoms with Gasteiger partial charge in [0.05, 0.1) is 17.6 Å². The van der Waals surface area contributed by atoms with Gasteiger partial charge in [-0.3, -0.25) is 18.7 Å². The van der Waals surface area contributed by atoms with Crippen LogP contribution in [0.5, 0.6) is 0 Å². The fourth-order valence-electron chi connectivity index (χ4n) is 3.66. The fourth-order valence-corrected chi connectivity index (χ4v) is 3.83. The molecular weight excluding hydrogens is 448 g/mol. The van der Waals surface area contributed by atoms with E-state index < -0.39 is 29.7 Å². The predicted octanol–water partition coefficient (Wildman–Crippen LogP) is 2.75. The second-order valence-corrected chi connectivity index (χ2v) is 8.46. The molecular formula is C23H23ClN4O5. The number of carbonyl (C=O) groups excluding carboxylic acids is 2. The zero-order chi connectivity index (χ0) is 23.9. The van der Waals surface area contributed by atoms with Gasteiger partial charge in [-0.05, 0) is 50.5 Å². The number of carbonyl (C=O) groups is 2. The van der Waals surface area contributed by atoms with Crippen molar-refractivity contribution in [3.05, 3.63) is 66.9 Å². The van der Waals surface area contributed by atoms with Crippen LogP contribution in [-0.4, -0.2) is 32.6 Å². The van der Waals surface area contributed by atoms with Gasteiger partial charge in [-0.1, -0.05) is 17.7 Å². The van der Waals surface area contributed by atoms with Crippen molar-refractivity contribution in [2.45, 2.75) is 39.2 Å². The Bertz CT molecular complexity index is 1400. The molecule has 2 aromatic heterocycles. The Morgan fingerprint density at radius 3 is 2.64 bits per heavy atom. The van der Waals surface area contributed by atoms with Gasteiger partial charge in [-0.15, -0.1) is 0 Å². The van der Waals surface area contributed by atoms with Crippen molar-refractivity contribution < 1.29 is 14.3 Å². The van der Waals surface area contributed by atoms with Gasteiger partial charge in [0.15, 0.2) is 0 Å². The lowest BCUT2D eigenvalue weighted by atomic mass is 10.1. The molecule has 10 heteroatoms. The number of nitrogens with zero attached hydrogens (tertiary/aromatic N) is 3. The average Bonchev–Trinajstić information content (AvgIpc) is 3.62. The largest absolute Gasteiger partial charge is 0.462 e. The minimum Gasteiger partial charge on any atom is -0.462 e. The summed E-state index contributed by atoms with van der Waals surface area (Å²) in [7, 11) is 1.46. The smallest absolute Gasteiger partial charge is 0.339 e. The molecule has 1 aliphatic rings. The van der Waals surface area contributed by atoms with E-state index in [-0.39, 0.29) is 29.1 Å². The Labute approximate surface area is 194 Å². The summed E-state index contributed by atoms with van der Waals surface area (Å²) in [6, 6.07) is 6.58. The van der Waals surface area contributed by atoms with Crippen LogP contribution in [0.25, 0.3) is 11.0 Å². The Kier molecular flexibility index (Phi) is 6.07. The first-order valence-corrected chi connectivity index (χ1v) is 11.0. The molecule has 0 atom stereocenters. The molecule has 0 unspecified atom stereocenters. The number of hydrogen-bond donors (Lipinski definition) is 1. The Hall–Kier alpha value is -3.46. The van der Waals surface area contributed by atoms with Crippen molar-refractivity contribution in [1.29, 1.82) is 0 Å². The van der Waals surface area contributed by atoms with Gasteiger partial charge < -0.3 is 10.1 Å². The lowest BCUT2D eigenvalue weighted by molar-refractivity contribution is -0.116. The fraction of sp³-hybridized carbons (Fsp3) is 0.348. The normalized spacial score (nSPS) is 13.2. The highest BCUT2D eigenvalue weighted by Crippen LogP contribution is 2.40. The van der Waals surface area contributed by atoms with Crippen LogP contribution >= 0.6 is 11.6 Å². The number of esters is 1.